The lowest BCUT2D eigenvalue weighted by Crippen LogP contribution is -1.84. The largest absolute Gasteiger partial charge is 0.361 e. The van der Waals surface area contributed by atoms with Crippen molar-refractivity contribution in [2.24, 2.45) is 0 Å². The van der Waals surface area contributed by atoms with Crippen molar-refractivity contribution in [1.82, 2.24) is 4.98 Å². The van der Waals surface area contributed by atoms with Gasteiger partial charge in [0, 0.05) is 22.7 Å². The summed E-state index contributed by atoms with van der Waals surface area (Å²) in [6.07, 6.45) is 3.61. The molecule has 0 spiro atoms. The molecule has 76 valence electrons. The van der Waals surface area contributed by atoms with E-state index < -0.39 is 0 Å². The zero-order chi connectivity index (χ0) is 10.8. The summed E-state index contributed by atoms with van der Waals surface area (Å²) >= 11 is 0. The Morgan fingerprint density at radius 1 is 1.27 bits per heavy atom. The molecule has 1 aromatic heterocycles. The number of fused-ring (bicyclic) bond motifs is 1. The molecule has 0 atom stereocenters. The van der Waals surface area contributed by atoms with Crippen LogP contribution in [0.1, 0.15) is 19.4 Å². The number of hydrogen-bond donors (Lipinski definition) is 1. The van der Waals surface area contributed by atoms with E-state index in [4.69, 9.17) is 0 Å². The van der Waals surface area contributed by atoms with Crippen LogP contribution in [0.4, 0.5) is 0 Å². The van der Waals surface area contributed by atoms with E-state index >= 15 is 0 Å². The number of carbonyl (C=O) groups is 1. The molecule has 2 heteroatoms. The van der Waals surface area contributed by atoms with Crippen molar-refractivity contribution in [1.29, 1.82) is 0 Å². The van der Waals surface area contributed by atoms with Crippen LogP contribution in [0.2, 0.25) is 0 Å². The zero-order valence-electron chi connectivity index (χ0n) is 8.87. The van der Waals surface area contributed by atoms with Crippen LogP contribution in [0.25, 0.3) is 16.5 Å². The molecule has 1 heterocycles. The lowest BCUT2D eigenvalue weighted by atomic mass is 10.1. The second kappa shape index (κ2) is 3.73. The average Bonchev–Trinajstić information content (AvgIpc) is 2.59. The van der Waals surface area contributed by atoms with Gasteiger partial charge in [0.2, 0.25) is 0 Å². The van der Waals surface area contributed by atoms with Crippen LogP contribution in [0, 0.1) is 0 Å². The van der Waals surface area contributed by atoms with Gasteiger partial charge >= 0.3 is 0 Å². The summed E-state index contributed by atoms with van der Waals surface area (Å²) in [4.78, 5) is 14.2. The first kappa shape index (κ1) is 9.71. The van der Waals surface area contributed by atoms with Crippen LogP contribution < -0.4 is 0 Å². The maximum atomic E-state index is 11.0. The zero-order valence-corrected chi connectivity index (χ0v) is 8.87. The highest BCUT2D eigenvalue weighted by atomic mass is 16.1. The topological polar surface area (TPSA) is 32.9 Å². The quantitative estimate of drug-likeness (QED) is 0.740. The van der Waals surface area contributed by atoms with Gasteiger partial charge in [-0.2, -0.15) is 0 Å². The van der Waals surface area contributed by atoms with Gasteiger partial charge in [-0.15, -0.1) is 0 Å². The highest BCUT2D eigenvalue weighted by Crippen LogP contribution is 2.24. The standard InChI is InChI=1S/C13H13NO/c1-9(7-10(2)15)12-8-14-13-6-4-3-5-11(12)13/h3-8,14H,1-2H3/b9-7+. The van der Waals surface area contributed by atoms with E-state index in [2.05, 4.69) is 11.1 Å². The van der Waals surface area contributed by atoms with Crippen LogP contribution in [-0.2, 0) is 4.79 Å². The normalized spacial score (nSPS) is 12.0. The molecule has 0 aliphatic carbocycles. The van der Waals surface area contributed by atoms with Gasteiger partial charge in [0.1, 0.15) is 0 Å². The van der Waals surface area contributed by atoms with Crippen molar-refractivity contribution in [3.63, 3.8) is 0 Å². The number of nitrogens with one attached hydrogen (secondary N) is 1. The summed E-state index contributed by atoms with van der Waals surface area (Å²) in [6, 6.07) is 8.08. The number of aromatic nitrogens is 1. The Balaban J connectivity index is 2.57. The minimum atomic E-state index is 0.0813. The minimum absolute atomic E-state index is 0.0813. The Morgan fingerprint density at radius 2 is 2.00 bits per heavy atom. The van der Waals surface area contributed by atoms with E-state index in [9.17, 15) is 4.79 Å². The fraction of sp³-hybridized carbons (Fsp3) is 0.154. The molecule has 0 fully saturated rings. The number of rotatable bonds is 2. The van der Waals surface area contributed by atoms with Gasteiger partial charge < -0.3 is 4.98 Å². The number of aromatic amines is 1. The van der Waals surface area contributed by atoms with Crippen LogP contribution in [0.5, 0.6) is 0 Å². The van der Waals surface area contributed by atoms with E-state index in [0.717, 1.165) is 22.0 Å². The number of benzene rings is 1. The van der Waals surface area contributed by atoms with Crippen molar-refractivity contribution in [2.75, 3.05) is 0 Å². The molecule has 0 radical (unpaired) electrons. The Kier molecular flexibility index (Phi) is 2.42. The molecule has 0 aliphatic heterocycles. The molecule has 0 saturated heterocycles. The number of allylic oxidation sites excluding steroid dienone is 2. The fourth-order valence-corrected chi connectivity index (χ4v) is 1.78. The molecule has 0 saturated carbocycles. The molecule has 0 unspecified atom stereocenters. The van der Waals surface area contributed by atoms with Gasteiger partial charge in [-0.1, -0.05) is 18.2 Å². The van der Waals surface area contributed by atoms with Gasteiger partial charge in [-0.25, -0.2) is 0 Å². The third-order valence-electron chi connectivity index (χ3n) is 2.43. The second-order valence-corrected chi connectivity index (χ2v) is 3.69. The number of H-pyrrole nitrogens is 1. The Bertz CT molecular complexity index is 534. The van der Waals surface area contributed by atoms with Gasteiger partial charge in [0.05, 0.1) is 0 Å². The van der Waals surface area contributed by atoms with Crippen molar-refractivity contribution in [2.45, 2.75) is 13.8 Å². The van der Waals surface area contributed by atoms with Crippen molar-refractivity contribution >= 4 is 22.3 Å². The predicted octanol–water partition coefficient (Wildman–Crippen LogP) is 3.16. The van der Waals surface area contributed by atoms with Gasteiger partial charge in [0.15, 0.2) is 5.78 Å². The third-order valence-corrected chi connectivity index (χ3v) is 2.43. The Morgan fingerprint density at radius 3 is 2.73 bits per heavy atom. The van der Waals surface area contributed by atoms with E-state index in [-0.39, 0.29) is 5.78 Å². The summed E-state index contributed by atoms with van der Waals surface area (Å²) in [5.74, 6) is 0.0813. The molecule has 2 nitrogen and oxygen atoms in total. The molecular formula is C13H13NO. The highest BCUT2D eigenvalue weighted by molar-refractivity contribution is 5.99. The van der Waals surface area contributed by atoms with Crippen LogP contribution >= 0.6 is 0 Å². The average molecular weight is 199 g/mol. The molecule has 2 aromatic rings. The monoisotopic (exact) mass is 199 g/mol. The molecule has 0 aliphatic rings. The summed E-state index contributed by atoms with van der Waals surface area (Å²) in [5, 5.41) is 1.16. The molecule has 2 rings (SSSR count). The van der Waals surface area contributed by atoms with Crippen LogP contribution in [-0.4, -0.2) is 10.8 Å². The molecule has 0 bridgehead atoms. The SMILES string of the molecule is CC(=O)/C=C(\C)c1c[nH]c2ccccc12. The third kappa shape index (κ3) is 1.84. The van der Waals surface area contributed by atoms with E-state index in [1.807, 2.05) is 31.3 Å². The number of carbonyl (C=O) groups excluding carboxylic acids is 1. The van der Waals surface area contributed by atoms with Crippen molar-refractivity contribution < 1.29 is 4.79 Å². The van der Waals surface area contributed by atoms with Gasteiger partial charge in [-0.3, -0.25) is 4.79 Å². The summed E-state index contributed by atoms with van der Waals surface area (Å²) < 4.78 is 0. The molecule has 0 amide bonds. The van der Waals surface area contributed by atoms with Crippen molar-refractivity contribution in [3.05, 3.63) is 42.1 Å². The van der Waals surface area contributed by atoms with Crippen LogP contribution in [0.15, 0.2) is 36.5 Å². The molecule has 1 aromatic carbocycles. The fourth-order valence-electron chi connectivity index (χ4n) is 1.78. The maximum Gasteiger partial charge on any atom is 0.152 e. The Labute approximate surface area is 88.6 Å². The highest BCUT2D eigenvalue weighted by Gasteiger charge is 2.04. The first-order chi connectivity index (χ1) is 7.18. The van der Waals surface area contributed by atoms with E-state index in [1.54, 1.807) is 13.0 Å². The number of ketones is 1. The lowest BCUT2D eigenvalue weighted by molar-refractivity contribution is -0.112. The van der Waals surface area contributed by atoms with Crippen molar-refractivity contribution in [3.8, 4) is 0 Å². The molecule has 1 N–H and O–H groups in total. The first-order valence-corrected chi connectivity index (χ1v) is 4.94. The minimum Gasteiger partial charge on any atom is -0.361 e. The van der Waals surface area contributed by atoms with Gasteiger partial charge in [0.25, 0.3) is 0 Å². The Hall–Kier alpha value is -1.83. The van der Waals surface area contributed by atoms with E-state index in [0.29, 0.717) is 0 Å². The smallest absolute Gasteiger partial charge is 0.152 e. The molecular weight excluding hydrogens is 186 g/mol. The van der Waals surface area contributed by atoms with Crippen LogP contribution in [0.3, 0.4) is 0 Å². The summed E-state index contributed by atoms with van der Waals surface area (Å²) in [6.45, 7) is 3.52. The second-order valence-electron chi connectivity index (χ2n) is 3.69. The predicted molar refractivity (Wildman–Crippen MR) is 62.6 cm³/mol. The summed E-state index contributed by atoms with van der Waals surface area (Å²) in [5.41, 5.74) is 3.20. The maximum absolute atomic E-state index is 11.0. The number of hydrogen-bond acceptors (Lipinski definition) is 1. The first-order valence-electron chi connectivity index (χ1n) is 4.94. The molecule has 15 heavy (non-hydrogen) atoms. The lowest BCUT2D eigenvalue weighted by Gasteiger charge is -1.97. The van der Waals surface area contributed by atoms with E-state index in [1.165, 1.54) is 0 Å². The number of para-hydroxylation sites is 1. The summed E-state index contributed by atoms with van der Waals surface area (Å²) in [7, 11) is 0. The van der Waals surface area contributed by atoms with Gasteiger partial charge in [-0.05, 0) is 31.6 Å².